The minimum absolute atomic E-state index is 0.0248. The van der Waals surface area contributed by atoms with Crippen molar-refractivity contribution < 1.29 is 5.21 Å². The van der Waals surface area contributed by atoms with Crippen LogP contribution in [0.2, 0.25) is 5.02 Å². The van der Waals surface area contributed by atoms with Crippen molar-refractivity contribution in [3.05, 3.63) is 46.7 Å². The fraction of sp³-hybridized carbons (Fsp3) is 0.231. The molecule has 0 saturated carbocycles. The monoisotopic (exact) mass is 278 g/mol. The zero-order chi connectivity index (χ0) is 14.0. The van der Waals surface area contributed by atoms with Crippen LogP contribution in [0, 0.1) is 0 Å². The zero-order valence-electron chi connectivity index (χ0n) is 10.7. The number of amidine groups is 1. The van der Waals surface area contributed by atoms with Crippen molar-refractivity contribution in [2.24, 2.45) is 10.9 Å². The van der Waals surface area contributed by atoms with Gasteiger partial charge in [-0.25, -0.2) is 4.68 Å². The molecule has 0 saturated heterocycles. The third-order valence-corrected chi connectivity index (χ3v) is 3.10. The van der Waals surface area contributed by atoms with E-state index in [1.807, 2.05) is 12.3 Å². The highest BCUT2D eigenvalue weighted by Crippen LogP contribution is 2.22. The lowest BCUT2D eigenvalue weighted by Crippen LogP contribution is -2.13. The van der Waals surface area contributed by atoms with Gasteiger partial charge in [-0.3, -0.25) is 0 Å². The average molecular weight is 279 g/mol. The number of hydrogen-bond donors (Lipinski definition) is 2. The molecule has 0 spiro atoms. The molecule has 1 aromatic heterocycles. The van der Waals surface area contributed by atoms with Crippen molar-refractivity contribution in [1.82, 2.24) is 9.78 Å². The first-order chi connectivity index (χ1) is 9.02. The van der Waals surface area contributed by atoms with Crippen molar-refractivity contribution in [1.29, 1.82) is 0 Å². The first-order valence-corrected chi connectivity index (χ1v) is 6.24. The van der Waals surface area contributed by atoms with E-state index in [-0.39, 0.29) is 5.84 Å². The number of nitrogens with zero attached hydrogens (tertiary/aromatic N) is 3. The van der Waals surface area contributed by atoms with E-state index in [1.54, 1.807) is 22.9 Å². The second kappa shape index (κ2) is 5.32. The van der Waals surface area contributed by atoms with Crippen molar-refractivity contribution in [3.8, 4) is 5.69 Å². The third kappa shape index (κ3) is 2.71. The molecule has 100 valence electrons. The van der Waals surface area contributed by atoms with E-state index in [4.69, 9.17) is 22.5 Å². The van der Waals surface area contributed by atoms with Gasteiger partial charge < -0.3 is 10.9 Å². The number of aromatic nitrogens is 2. The Morgan fingerprint density at radius 3 is 2.68 bits per heavy atom. The van der Waals surface area contributed by atoms with Crippen LogP contribution in [0.4, 0.5) is 0 Å². The number of halogens is 1. The molecule has 1 heterocycles. The molecule has 0 aliphatic carbocycles. The Morgan fingerprint density at radius 2 is 2.16 bits per heavy atom. The van der Waals surface area contributed by atoms with Crippen LogP contribution in [0.25, 0.3) is 5.69 Å². The Labute approximate surface area is 116 Å². The van der Waals surface area contributed by atoms with E-state index < -0.39 is 0 Å². The second-order valence-corrected chi connectivity index (χ2v) is 4.90. The minimum atomic E-state index is 0.0248. The predicted molar refractivity (Wildman–Crippen MR) is 75.2 cm³/mol. The summed E-state index contributed by atoms with van der Waals surface area (Å²) in [5, 5.41) is 16.5. The summed E-state index contributed by atoms with van der Waals surface area (Å²) in [6, 6.07) is 7.11. The van der Waals surface area contributed by atoms with Crippen LogP contribution >= 0.6 is 11.6 Å². The van der Waals surface area contributed by atoms with Crippen molar-refractivity contribution in [3.63, 3.8) is 0 Å². The van der Waals surface area contributed by atoms with Crippen molar-refractivity contribution in [2.75, 3.05) is 0 Å². The van der Waals surface area contributed by atoms with E-state index in [9.17, 15) is 0 Å². The maximum Gasteiger partial charge on any atom is 0.170 e. The van der Waals surface area contributed by atoms with E-state index in [0.717, 1.165) is 11.4 Å². The van der Waals surface area contributed by atoms with Gasteiger partial charge in [0.1, 0.15) is 0 Å². The fourth-order valence-corrected chi connectivity index (χ4v) is 1.96. The number of hydrogen-bond acceptors (Lipinski definition) is 3. The Hall–Kier alpha value is -2.01. The molecule has 0 unspecified atom stereocenters. The maximum absolute atomic E-state index is 8.63. The summed E-state index contributed by atoms with van der Waals surface area (Å²) in [5.74, 6) is 0.383. The summed E-state index contributed by atoms with van der Waals surface area (Å²) in [5.41, 5.74) is 7.83. The van der Waals surface area contributed by atoms with E-state index >= 15 is 0 Å². The Balaban J connectivity index is 2.40. The molecule has 6 heteroatoms. The van der Waals surface area contributed by atoms with E-state index in [0.29, 0.717) is 16.5 Å². The summed E-state index contributed by atoms with van der Waals surface area (Å²) in [6.45, 7) is 4.16. The van der Waals surface area contributed by atoms with Gasteiger partial charge in [-0.15, -0.1) is 0 Å². The molecule has 19 heavy (non-hydrogen) atoms. The van der Waals surface area contributed by atoms with Crippen LogP contribution < -0.4 is 5.73 Å². The van der Waals surface area contributed by atoms with Crippen molar-refractivity contribution in [2.45, 2.75) is 19.8 Å². The molecule has 5 nitrogen and oxygen atoms in total. The molecule has 0 amide bonds. The average Bonchev–Trinajstić information content (AvgIpc) is 2.87. The van der Waals surface area contributed by atoms with E-state index in [1.165, 1.54) is 0 Å². The maximum atomic E-state index is 8.63. The summed E-state index contributed by atoms with van der Waals surface area (Å²) >= 11 is 6.20. The second-order valence-electron chi connectivity index (χ2n) is 4.49. The van der Waals surface area contributed by atoms with Crippen LogP contribution in [0.1, 0.15) is 31.0 Å². The standard InChI is InChI=1S/C13H15ClN4O/c1-8(2)11-5-6-18(16-11)12-4-3-9(7-10(12)14)13(15)17-19/h3-8,19H,1-2H3,(H2,15,17). The lowest BCUT2D eigenvalue weighted by atomic mass is 10.1. The van der Waals surface area contributed by atoms with Gasteiger partial charge >= 0.3 is 0 Å². The molecule has 0 aliphatic heterocycles. The number of rotatable bonds is 3. The van der Waals surface area contributed by atoms with Crippen LogP contribution in [0.5, 0.6) is 0 Å². The van der Waals surface area contributed by atoms with Crippen LogP contribution in [-0.2, 0) is 0 Å². The smallest absolute Gasteiger partial charge is 0.170 e. The van der Waals surface area contributed by atoms with Gasteiger partial charge in [-0.05, 0) is 30.2 Å². The lowest BCUT2D eigenvalue weighted by Gasteiger charge is -2.07. The first-order valence-electron chi connectivity index (χ1n) is 5.86. The zero-order valence-corrected chi connectivity index (χ0v) is 11.5. The largest absolute Gasteiger partial charge is 0.409 e. The summed E-state index contributed by atoms with van der Waals surface area (Å²) < 4.78 is 1.72. The van der Waals surface area contributed by atoms with Gasteiger partial charge in [-0.1, -0.05) is 30.6 Å². The minimum Gasteiger partial charge on any atom is -0.409 e. The molecule has 0 fully saturated rings. The van der Waals surface area contributed by atoms with Gasteiger partial charge in [0, 0.05) is 11.8 Å². The normalized spacial score (nSPS) is 12.1. The Kier molecular flexibility index (Phi) is 3.76. The highest BCUT2D eigenvalue weighted by molar-refractivity contribution is 6.32. The topological polar surface area (TPSA) is 76.4 Å². The SMILES string of the molecule is CC(C)c1ccn(-c2ccc(C(N)=NO)cc2Cl)n1. The molecular weight excluding hydrogens is 264 g/mol. The van der Waals surface area contributed by atoms with Gasteiger partial charge in [0.05, 0.1) is 16.4 Å². The van der Waals surface area contributed by atoms with Crippen LogP contribution in [0.15, 0.2) is 35.6 Å². The summed E-state index contributed by atoms with van der Waals surface area (Å²) in [7, 11) is 0. The molecule has 2 rings (SSSR count). The molecule has 0 aliphatic rings. The van der Waals surface area contributed by atoms with Gasteiger partial charge in [0.15, 0.2) is 5.84 Å². The van der Waals surface area contributed by atoms with Gasteiger partial charge in [-0.2, -0.15) is 5.10 Å². The van der Waals surface area contributed by atoms with Crippen LogP contribution in [0.3, 0.4) is 0 Å². The molecule has 0 bridgehead atoms. The summed E-state index contributed by atoms with van der Waals surface area (Å²) in [6.07, 6.45) is 1.86. The van der Waals surface area contributed by atoms with Crippen LogP contribution in [-0.4, -0.2) is 20.8 Å². The molecule has 1 aromatic carbocycles. The molecule has 0 atom stereocenters. The highest BCUT2D eigenvalue weighted by atomic mass is 35.5. The quantitative estimate of drug-likeness (QED) is 0.392. The summed E-state index contributed by atoms with van der Waals surface area (Å²) in [4.78, 5) is 0. The molecule has 2 aromatic rings. The highest BCUT2D eigenvalue weighted by Gasteiger charge is 2.09. The Bertz CT molecular complexity index is 619. The predicted octanol–water partition coefficient (Wildman–Crippen LogP) is 2.74. The number of oxime groups is 1. The van der Waals surface area contributed by atoms with E-state index in [2.05, 4.69) is 24.1 Å². The Morgan fingerprint density at radius 1 is 1.42 bits per heavy atom. The fourth-order valence-electron chi connectivity index (χ4n) is 1.69. The molecule has 0 radical (unpaired) electrons. The number of benzene rings is 1. The molecule has 3 N–H and O–H groups in total. The number of nitrogens with two attached hydrogens (primary N) is 1. The van der Waals surface area contributed by atoms with Gasteiger partial charge in [0.2, 0.25) is 0 Å². The first kappa shape index (κ1) is 13.4. The molecular formula is C13H15ClN4O. The van der Waals surface area contributed by atoms with Crippen molar-refractivity contribution >= 4 is 17.4 Å². The lowest BCUT2D eigenvalue weighted by molar-refractivity contribution is 0.318. The third-order valence-electron chi connectivity index (χ3n) is 2.80. The van der Waals surface area contributed by atoms with Gasteiger partial charge in [0.25, 0.3) is 0 Å².